The predicted octanol–water partition coefficient (Wildman–Crippen LogP) is 9.34. The summed E-state index contributed by atoms with van der Waals surface area (Å²) in [6.07, 6.45) is 0. The molecule has 0 saturated heterocycles. The van der Waals surface area contributed by atoms with E-state index in [2.05, 4.69) is 35.5 Å². The molecule has 0 aliphatic carbocycles. The third-order valence-corrected chi connectivity index (χ3v) is 8.16. The Balaban J connectivity index is 0.000000182. The molecule has 6 nitrogen and oxygen atoms in total. The van der Waals surface area contributed by atoms with E-state index >= 15 is 0 Å². The molecule has 6 aromatic carbocycles. The summed E-state index contributed by atoms with van der Waals surface area (Å²) < 4.78 is 0. The highest BCUT2D eigenvalue weighted by Crippen LogP contribution is 2.24. The van der Waals surface area contributed by atoms with Gasteiger partial charge < -0.3 is 30.6 Å². The van der Waals surface area contributed by atoms with E-state index in [-0.39, 0.29) is 23.0 Å². The summed E-state index contributed by atoms with van der Waals surface area (Å²) in [6.45, 7) is 11.1. The van der Waals surface area contributed by atoms with Crippen LogP contribution in [0.2, 0.25) is 0 Å². The summed E-state index contributed by atoms with van der Waals surface area (Å²) in [4.78, 5) is 0. The smallest absolute Gasteiger partial charge is 0.121 e. The van der Waals surface area contributed by atoms with Gasteiger partial charge in [0, 0.05) is 33.4 Å². The minimum absolute atomic E-state index is 0.232. The van der Waals surface area contributed by atoms with Gasteiger partial charge in [0.15, 0.2) is 0 Å². The zero-order valence-corrected chi connectivity index (χ0v) is 31.1. The second-order valence-electron chi connectivity index (χ2n) is 12.8. The van der Waals surface area contributed by atoms with Crippen molar-refractivity contribution in [3.63, 3.8) is 0 Å². The predicted molar refractivity (Wildman–Crippen MR) is 215 cm³/mol. The van der Waals surface area contributed by atoms with Gasteiger partial charge in [-0.1, -0.05) is 35.5 Å². The maximum absolute atomic E-state index is 9.74. The van der Waals surface area contributed by atoms with E-state index in [4.69, 9.17) is 10.2 Å². The molecule has 0 aliphatic heterocycles. The number of hydrogen-bond donors (Lipinski definition) is 6. The number of aromatic hydroxyl groups is 6. The van der Waals surface area contributed by atoms with Crippen LogP contribution < -0.4 is 0 Å². The van der Waals surface area contributed by atoms with Crippen LogP contribution in [-0.2, 0) is 0 Å². The number of benzene rings is 6. The number of aryl methyl sites for hydroxylation is 6. The van der Waals surface area contributed by atoms with Crippen LogP contribution in [0.3, 0.4) is 0 Å². The van der Waals surface area contributed by atoms with E-state index in [0.29, 0.717) is 11.5 Å². The first kappa shape index (κ1) is 39.6. The van der Waals surface area contributed by atoms with Crippen LogP contribution in [0.15, 0.2) is 109 Å². The van der Waals surface area contributed by atoms with Gasteiger partial charge in [0.1, 0.15) is 34.5 Å². The lowest BCUT2D eigenvalue weighted by Gasteiger charge is -2.04. The molecule has 0 unspecified atom stereocenters. The molecular weight excluding hydrogens is 673 g/mol. The Hall–Kier alpha value is -7.20. The lowest BCUT2D eigenvalue weighted by molar-refractivity contribution is 0.466. The fraction of sp³-hybridized carbons (Fsp3) is 0.125. The van der Waals surface area contributed by atoms with Crippen molar-refractivity contribution < 1.29 is 30.6 Å². The lowest BCUT2D eigenvalue weighted by Crippen LogP contribution is -1.86. The van der Waals surface area contributed by atoms with Crippen LogP contribution in [-0.4, -0.2) is 30.6 Å². The standard InChI is InChI=1S/C18H18O2.C16H14O2.C14H10O2/c1-11-7-15(8-12(2)17(11)19)5-6-16-9-13(3)18(20)14(4)10-16;1-11-9-13(5-7-15(11)17)3-4-14-6-8-16(18)12(2)10-14;15-13-7-3-11(4-8-13)1-2-12-5-9-14(16)10-6-12/h7-10,19-20H,1-4H3;5-10,17-18H,1-2H3;3-10,15-16H. The third kappa shape index (κ3) is 11.7. The number of rotatable bonds is 0. The first-order chi connectivity index (χ1) is 25.7. The number of phenols is 6. The van der Waals surface area contributed by atoms with Crippen molar-refractivity contribution in [1.29, 1.82) is 0 Å². The van der Waals surface area contributed by atoms with Crippen molar-refractivity contribution in [3.8, 4) is 70.0 Å². The summed E-state index contributed by atoms with van der Waals surface area (Å²) in [7, 11) is 0. The van der Waals surface area contributed by atoms with Crippen molar-refractivity contribution in [2.45, 2.75) is 41.5 Å². The summed E-state index contributed by atoms with van der Waals surface area (Å²) >= 11 is 0. The molecule has 0 aromatic heterocycles. The molecule has 0 heterocycles. The molecule has 0 bridgehead atoms. The summed E-state index contributed by atoms with van der Waals surface area (Å²) in [5.74, 6) is 19.9. The highest BCUT2D eigenvalue weighted by molar-refractivity contribution is 5.53. The van der Waals surface area contributed by atoms with Crippen molar-refractivity contribution in [3.05, 3.63) is 176 Å². The average molecular weight is 715 g/mol. The minimum atomic E-state index is 0.232. The van der Waals surface area contributed by atoms with Gasteiger partial charge in [-0.15, -0.1) is 0 Å². The van der Waals surface area contributed by atoms with Crippen molar-refractivity contribution in [2.24, 2.45) is 0 Å². The average Bonchev–Trinajstić information content (AvgIpc) is 3.14. The van der Waals surface area contributed by atoms with E-state index in [0.717, 1.165) is 66.8 Å². The van der Waals surface area contributed by atoms with E-state index in [1.54, 1.807) is 72.8 Å². The van der Waals surface area contributed by atoms with Crippen molar-refractivity contribution >= 4 is 0 Å². The molecule has 6 aromatic rings. The van der Waals surface area contributed by atoms with E-state index in [9.17, 15) is 20.4 Å². The Bertz CT molecular complexity index is 2250. The summed E-state index contributed by atoms with van der Waals surface area (Å²) in [6, 6.07) is 31.4. The normalized spacial score (nSPS) is 9.67. The molecule has 0 spiro atoms. The zero-order valence-electron chi connectivity index (χ0n) is 31.1. The van der Waals surface area contributed by atoms with E-state index in [1.807, 2.05) is 77.9 Å². The van der Waals surface area contributed by atoms with Crippen molar-refractivity contribution in [2.75, 3.05) is 0 Å². The van der Waals surface area contributed by atoms with Crippen LogP contribution in [0.5, 0.6) is 34.5 Å². The van der Waals surface area contributed by atoms with Gasteiger partial charge in [-0.2, -0.15) is 0 Å². The summed E-state index contributed by atoms with van der Waals surface area (Å²) in [5, 5.41) is 56.5. The lowest BCUT2D eigenvalue weighted by atomic mass is 10.0. The Labute approximate surface area is 317 Å². The van der Waals surface area contributed by atoms with Gasteiger partial charge in [-0.05, 0) is 184 Å². The summed E-state index contributed by atoms with van der Waals surface area (Å²) in [5.41, 5.74) is 10.1. The van der Waals surface area contributed by atoms with Crippen LogP contribution in [0, 0.1) is 77.1 Å². The monoisotopic (exact) mass is 714 g/mol. The Kier molecular flexibility index (Phi) is 13.4. The van der Waals surface area contributed by atoms with Gasteiger partial charge >= 0.3 is 0 Å². The van der Waals surface area contributed by atoms with E-state index in [1.165, 1.54) is 0 Å². The van der Waals surface area contributed by atoms with Gasteiger partial charge in [0.25, 0.3) is 0 Å². The molecule has 0 amide bonds. The highest BCUT2D eigenvalue weighted by Gasteiger charge is 2.04. The molecule has 6 N–H and O–H groups in total. The molecular formula is C48H42O6. The SMILES string of the molecule is Cc1cc(C#Cc2cc(C)c(O)c(C)c2)cc(C)c1O.Cc1cc(C#Cc2ccc(O)c(C)c2)ccc1O.Oc1ccc(C#Cc2ccc(O)cc2)cc1. The largest absolute Gasteiger partial charge is 0.508 e. The van der Waals surface area contributed by atoms with Gasteiger partial charge in [0.2, 0.25) is 0 Å². The van der Waals surface area contributed by atoms with Crippen LogP contribution >= 0.6 is 0 Å². The Morgan fingerprint density at radius 3 is 0.815 bits per heavy atom. The molecule has 6 rings (SSSR count). The number of hydrogen-bond acceptors (Lipinski definition) is 6. The Morgan fingerprint density at radius 1 is 0.278 bits per heavy atom. The van der Waals surface area contributed by atoms with Gasteiger partial charge in [0.05, 0.1) is 0 Å². The number of phenolic OH excluding ortho intramolecular Hbond substituents is 6. The zero-order chi connectivity index (χ0) is 39.4. The van der Waals surface area contributed by atoms with Gasteiger partial charge in [-0.25, -0.2) is 0 Å². The second kappa shape index (κ2) is 18.3. The molecule has 0 fully saturated rings. The highest BCUT2D eigenvalue weighted by atomic mass is 16.3. The van der Waals surface area contributed by atoms with E-state index < -0.39 is 0 Å². The first-order valence-corrected chi connectivity index (χ1v) is 17.0. The van der Waals surface area contributed by atoms with Gasteiger partial charge in [-0.3, -0.25) is 0 Å². The van der Waals surface area contributed by atoms with Crippen LogP contribution in [0.25, 0.3) is 0 Å². The molecule has 0 radical (unpaired) electrons. The van der Waals surface area contributed by atoms with Crippen LogP contribution in [0.4, 0.5) is 0 Å². The Morgan fingerprint density at radius 2 is 0.519 bits per heavy atom. The molecule has 54 heavy (non-hydrogen) atoms. The fourth-order valence-electron chi connectivity index (χ4n) is 5.05. The molecule has 270 valence electrons. The van der Waals surface area contributed by atoms with Crippen LogP contribution in [0.1, 0.15) is 66.8 Å². The molecule has 0 saturated carbocycles. The van der Waals surface area contributed by atoms with Crippen molar-refractivity contribution in [1.82, 2.24) is 0 Å². The quantitative estimate of drug-likeness (QED) is 0.0873. The fourth-order valence-corrected chi connectivity index (χ4v) is 5.05. The maximum atomic E-state index is 9.74. The maximum Gasteiger partial charge on any atom is 0.121 e. The second-order valence-corrected chi connectivity index (χ2v) is 12.8. The molecule has 0 aliphatic rings. The molecule has 0 atom stereocenters. The minimum Gasteiger partial charge on any atom is -0.508 e. The topological polar surface area (TPSA) is 121 Å². The molecule has 6 heteroatoms. The third-order valence-electron chi connectivity index (χ3n) is 8.16. The first-order valence-electron chi connectivity index (χ1n) is 17.0.